The van der Waals surface area contributed by atoms with Crippen LogP contribution in [-0.2, 0) is 0 Å². The van der Waals surface area contributed by atoms with Crippen LogP contribution in [0.15, 0.2) is 35.2 Å². The Kier molecular flexibility index (Phi) is 5.10. The van der Waals surface area contributed by atoms with Gasteiger partial charge in [-0.1, -0.05) is 12.2 Å². The van der Waals surface area contributed by atoms with Gasteiger partial charge in [-0.2, -0.15) is 0 Å². The van der Waals surface area contributed by atoms with Crippen LogP contribution in [0.1, 0.15) is 32.1 Å². The van der Waals surface area contributed by atoms with Gasteiger partial charge in [0.2, 0.25) is 0 Å². The second kappa shape index (κ2) is 7.03. The lowest BCUT2D eigenvalue weighted by Crippen LogP contribution is -2.30. The summed E-state index contributed by atoms with van der Waals surface area (Å²) in [6, 6.07) is 0. The van der Waals surface area contributed by atoms with E-state index >= 15 is 0 Å². The monoisotopic (exact) mass is 384 g/mol. The molecule has 2 aliphatic heterocycles. The van der Waals surface area contributed by atoms with E-state index in [0.29, 0.717) is 20.7 Å². The standard InChI is InChI=1S/C17H25IN2/c1-19-11-4-12-20-16-6-3-2-5-14(16)7-8-15-9-10-18-13-17(15)20/h2-3,6,13-14,19H,4-5,7-12H2,1H3. The van der Waals surface area contributed by atoms with Crippen LogP contribution >= 0.6 is 20.7 Å². The van der Waals surface area contributed by atoms with Gasteiger partial charge in [0.05, 0.1) is 0 Å². The second-order valence-electron chi connectivity index (χ2n) is 5.79. The molecule has 0 spiro atoms. The number of hydrogen-bond donors (Lipinski definition) is 1. The molecule has 0 saturated heterocycles. The molecule has 0 bridgehead atoms. The van der Waals surface area contributed by atoms with E-state index in [1.54, 1.807) is 17.0 Å². The second-order valence-corrected chi connectivity index (χ2v) is 8.37. The van der Waals surface area contributed by atoms with Gasteiger partial charge in [-0.25, -0.2) is 0 Å². The lowest BCUT2D eigenvalue weighted by Gasteiger charge is -2.33. The highest BCUT2D eigenvalue weighted by Gasteiger charge is 2.28. The Bertz CT molecular complexity index is 473. The molecule has 1 aliphatic carbocycles. The molecule has 3 rings (SSSR count). The van der Waals surface area contributed by atoms with Crippen molar-refractivity contribution in [3.63, 3.8) is 0 Å². The summed E-state index contributed by atoms with van der Waals surface area (Å²) in [5, 5.41) is 3.29. The van der Waals surface area contributed by atoms with Gasteiger partial charge in [0.15, 0.2) is 0 Å². The third-order valence-electron chi connectivity index (χ3n) is 4.50. The van der Waals surface area contributed by atoms with E-state index in [1.807, 2.05) is 0 Å². The van der Waals surface area contributed by atoms with Crippen molar-refractivity contribution in [1.82, 2.24) is 10.2 Å². The van der Waals surface area contributed by atoms with Gasteiger partial charge in [0, 0.05) is 23.9 Å². The Labute approximate surface area is 132 Å². The zero-order chi connectivity index (χ0) is 13.8. The predicted octanol–water partition coefficient (Wildman–Crippen LogP) is 3.58. The number of rotatable bonds is 4. The summed E-state index contributed by atoms with van der Waals surface area (Å²) >= 11 is 0.298. The molecule has 2 nitrogen and oxygen atoms in total. The predicted molar refractivity (Wildman–Crippen MR) is 96.4 cm³/mol. The maximum Gasteiger partial charge on any atom is 0.0455 e. The zero-order valence-electron chi connectivity index (χ0n) is 12.4. The van der Waals surface area contributed by atoms with Crippen LogP contribution < -0.4 is 5.32 Å². The fraction of sp³-hybridized carbons (Fsp3) is 0.588. The average molecular weight is 384 g/mol. The quantitative estimate of drug-likeness (QED) is 0.453. The molecule has 0 aromatic rings. The topological polar surface area (TPSA) is 15.3 Å². The van der Waals surface area contributed by atoms with Gasteiger partial charge < -0.3 is 10.2 Å². The van der Waals surface area contributed by atoms with Gasteiger partial charge in [0.1, 0.15) is 0 Å². The van der Waals surface area contributed by atoms with E-state index in [1.165, 1.54) is 43.1 Å². The van der Waals surface area contributed by atoms with Crippen LogP contribution in [0.4, 0.5) is 0 Å². The van der Waals surface area contributed by atoms with Gasteiger partial charge in [-0.15, -0.1) is 20.7 Å². The molecule has 0 aromatic heterocycles. The first-order chi connectivity index (χ1) is 9.90. The van der Waals surface area contributed by atoms with E-state index in [2.05, 4.69) is 39.5 Å². The van der Waals surface area contributed by atoms with E-state index in [-0.39, 0.29) is 0 Å². The molecule has 1 atom stereocenters. The highest BCUT2D eigenvalue weighted by molar-refractivity contribution is 14.2. The molecule has 20 heavy (non-hydrogen) atoms. The van der Waals surface area contributed by atoms with Crippen molar-refractivity contribution in [3.05, 3.63) is 35.2 Å². The molecule has 0 saturated carbocycles. The third-order valence-corrected chi connectivity index (χ3v) is 6.69. The van der Waals surface area contributed by atoms with Crippen molar-refractivity contribution in [2.75, 3.05) is 24.6 Å². The first-order valence-electron chi connectivity index (χ1n) is 7.82. The van der Waals surface area contributed by atoms with Crippen LogP contribution in [0.5, 0.6) is 0 Å². The number of allylic oxidation sites excluding steroid dienone is 6. The highest BCUT2D eigenvalue weighted by Crippen LogP contribution is 2.39. The van der Waals surface area contributed by atoms with Crippen molar-refractivity contribution in [2.24, 2.45) is 5.92 Å². The molecule has 0 amide bonds. The van der Waals surface area contributed by atoms with Crippen molar-refractivity contribution in [2.45, 2.75) is 32.1 Å². The fourth-order valence-corrected chi connectivity index (χ4v) is 5.87. The minimum Gasteiger partial charge on any atom is -0.344 e. The van der Waals surface area contributed by atoms with Gasteiger partial charge in [0.25, 0.3) is 0 Å². The smallest absolute Gasteiger partial charge is 0.0455 e. The number of hydrogen-bond acceptors (Lipinski definition) is 2. The lowest BCUT2D eigenvalue weighted by molar-refractivity contribution is 0.372. The van der Waals surface area contributed by atoms with Crippen LogP contribution in [0.3, 0.4) is 0 Å². The SMILES string of the molecule is CNCCCN1C2=CC=CCC2CCC2=C1C=ICC2. The van der Waals surface area contributed by atoms with Crippen molar-refractivity contribution in [1.29, 1.82) is 0 Å². The Morgan fingerprint density at radius 2 is 2.35 bits per heavy atom. The number of halogens is 1. The van der Waals surface area contributed by atoms with E-state index < -0.39 is 0 Å². The summed E-state index contributed by atoms with van der Waals surface area (Å²) in [6.07, 6.45) is 13.5. The number of alkyl halides is 1. The molecule has 0 radical (unpaired) electrons. The first-order valence-corrected chi connectivity index (χ1v) is 10.6. The van der Waals surface area contributed by atoms with Crippen LogP contribution in [0, 0.1) is 5.92 Å². The van der Waals surface area contributed by atoms with Gasteiger partial charge >= 0.3 is 0 Å². The lowest BCUT2D eigenvalue weighted by atomic mass is 9.91. The molecule has 3 aliphatic rings. The number of fused-ring (bicyclic) bond motifs is 1. The Morgan fingerprint density at radius 3 is 3.25 bits per heavy atom. The van der Waals surface area contributed by atoms with Crippen LogP contribution in [0.2, 0.25) is 0 Å². The Morgan fingerprint density at radius 1 is 1.40 bits per heavy atom. The molecule has 110 valence electrons. The Balaban J connectivity index is 1.88. The van der Waals surface area contributed by atoms with Gasteiger partial charge in [-0.05, 0) is 65.8 Å². The Hall–Kier alpha value is -0.420. The minimum atomic E-state index is 0.298. The molecule has 3 heteroatoms. The molecule has 1 N–H and O–H groups in total. The highest BCUT2D eigenvalue weighted by atomic mass is 127. The minimum absolute atomic E-state index is 0.298. The molecule has 2 heterocycles. The molecule has 0 fully saturated rings. The van der Waals surface area contributed by atoms with E-state index in [0.717, 1.165) is 12.5 Å². The normalized spacial score (nSPS) is 25.6. The van der Waals surface area contributed by atoms with Gasteiger partial charge in [-0.3, -0.25) is 0 Å². The summed E-state index contributed by atoms with van der Waals surface area (Å²) in [5.74, 6) is 0.756. The largest absolute Gasteiger partial charge is 0.344 e. The fourth-order valence-electron chi connectivity index (χ4n) is 3.40. The molecule has 0 aromatic carbocycles. The van der Waals surface area contributed by atoms with Crippen molar-refractivity contribution < 1.29 is 0 Å². The summed E-state index contributed by atoms with van der Waals surface area (Å²) in [5.41, 5.74) is 4.95. The molecule has 1 unspecified atom stereocenters. The first kappa shape index (κ1) is 14.5. The number of nitrogens with one attached hydrogen (secondary N) is 1. The summed E-state index contributed by atoms with van der Waals surface area (Å²) in [7, 11) is 2.05. The summed E-state index contributed by atoms with van der Waals surface area (Å²) in [4.78, 5) is 2.67. The van der Waals surface area contributed by atoms with Crippen LogP contribution in [-0.4, -0.2) is 33.5 Å². The summed E-state index contributed by atoms with van der Waals surface area (Å²) < 4.78 is 4.07. The average Bonchev–Trinajstić information content (AvgIpc) is 2.66. The van der Waals surface area contributed by atoms with Crippen molar-refractivity contribution in [3.8, 4) is 0 Å². The zero-order valence-corrected chi connectivity index (χ0v) is 14.5. The maximum absolute atomic E-state index is 3.29. The number of nitrogens with zero attached hydrogens (tertiary/aromatic N) is 1. The van der Waals surface area contributed by atoms with Crippen LogP contribution in [0.25, 0.3) is 0 Å². The molecular weight excluding hydrogens is 359 g/mol. The summed E-state index contributed by atoms with van der Waals surface area (Å²) in [6.45, 7) is 2.29. The maximum atomic E-state index is 3.29. The van der Waals surface area contributed by atoms with Crippen molar-refractivity contribution >= 4 is 24.7 Å². The van der Waals surface area contributed by atoms with E-state index in [4.69, 9.17) is 0 Å². The van der Waals surface area contributed by atoms with E-state index in [9.17, 15) is 0 Å². The third kappa shape index (κ3) is 3.08. The molecular formula is C17H25IN2.